The Morgan fingerprint density at radius 1 is 0.796 bits per heavy atom. The van der Waals surface area contributed by atoms with Crippen LogP contribution in [0.3, 0.4) is 0 Å². The summed E-state index contributed by atoms with van der Waals surface area (Å²) >= 11 is 0. The van der Waals surface area contributed by atoms with Gasteiger partial charge in [0.25, 0.3) is 5.56 Å². The van der Waals surface area contributed by atoms with Crippen molar-refractivity contribution in [3.8, 4) is 0 Å². The van der Waals surface area contributed by atoms with Gasteiger partial charge in [-0.3, -0.25) is 14.4 Å². The molecule has 4 heterocycles. The van der Waals surface area contributed by atoms with Gasteiger partial charge in [-0.05, 0) is 73.0 Å². The second kappa shape index (κ2) is 14.0. The zero-order chi connectivity index (χ0) is 35.5. The number of benzene rings is 2. The molecule has 14 heteroatoms. The molecular formula is C35H31F6N7O. The van der Waals surface area contributed by atoms with E-state index >= 15 is 0 Å². The van der Waals surface area contributed by atoms with Crippen molar-refractivity contribution in [3.05, 3.63) is 165 Å². The van der Waals surface area contributed by atoms with E-state index in [-0.39, 0.29) is 17.2 Å². The van der Waals surface area contributed by atoms with Crippen molar-refractivity contribution >= 4 is 5.84 Å². The third kappa shape index (κ3) is 6.96. The summed E-state index contributed by atoms with van der Waals surface area (Å²) < 4.78 is 79.5. The van der Waals surface area contributed by atoms with Gasteiger partial charge in [0.2, 0.25) is 11.9 Å². The molecule has 6 rings (SSSR count). The van der Waals surface area contributed by atoms with Crippen molar-refractivity contribution in [3.63, 3.8) is 0 Å². The monoisotopic (exact) mass is 679 g/mol. The van der Waals surface area contributed by atoms with Gasteiger partial charge in [0, 0.05) is 41.8 Å². The lowest BCUT2D eigenvalue weighted by atomic mass is 9.79. The lowest BCUT2D eigenvalue weighted by Gasteiger charge is -2.34. The van der Waals surface area contributed by atoms with Crippen LogP contribution in [-0.4, -0.2) is 32.5 Å². The number of aliphatic imine (C=N–C) groups is 1. The molecule has 0 fully saturated rings. The number of alkyl halides is 2. The van der Waals surface area contributed by atoms with Crippen molar-refractivity contribution < 1.29 is 26.3 Å². The normalized spacial score (nSPS) is 18.9. The van der Waals surface area contributed by atoms with Crippen LogP contribution in [0.15, 0.2) is 113 Å². The number of pyridine rings is 3. The van der Waals surface area contributed by atoms with Crippen molar-refractivity contribution in [1.82, 2.24) is 19.9 Å². The Hall–Kier alpha value is -5.34. The van der Waals surface area contributed by atoms with Crippen LogP contribution in [0.5, 0.6) is 0 Å². The molecule has 0 radical (unpaired) electrons. The zero-order valence-corrected chi connectivity index (χ0v) is 26.2. The number of halogens is 6. The van der Waals surface area contributed by atoms with Gasteiger partial charge < -0.3 is 16.8 Å². The SMILES string of the molecule is C[C@@H]1N=C(c2ccc(=O)n(C(F)F)c2)N[C@]1(c1ccc(F)cc1)c1ccc(F)nc1.C[C@H](N)[C@@](N)(c1ccc(F)cc1)c1ccc(F)nc1. The molecule has 0 aliphatic carbocycles. The molecule has 254 valence electrons. The first kappa shape index (κ1) is 35.0. The van der Waals surface area contributed by atoms with Crippen molar-refractivity contribution in [2.45, 2.75) is 43.6 Å². The molecule has 1 aliphatic rings. The summed E-state index contributed by atoms with van der Waals surface area (Å²) in [5.74, 6) is -1.76. The minimum Gasteiger partial charge on any atom is -0.354 e. The Morgan fingerprint density at radius 3 is 1.88 bits per heavy atom. The lowest BCUT2D eigenvalue weighted by Crippen LogP contribution is -2.51. The number of hydrogen-bond acceptors (Lipinski definition) is 7. The molecule has 0 spiro atoms. The molecule has 2 aromatic carbocycles. The first-order chi connectivity index (χ1) is 23.2. The average molecular weight is 680 g/mol. The van der Waals surface area contributed by atoms with E-state index in [1.165, 1.54) is 67.0 Å². The van der Waals surface area contributed by atoms with Crippen LogP contribution < -0.4 is 22.3 Å². The summed E-state index contributed by atoms with van der Waals surface area (Å²) in [5, 5.41) is 3.23. The highest BCUT2D eigenvalue weighted by atomic mass is 19.3. The molecule has 3 aromatic heterocycles. The quantitative estimate of drug-likeness (QED) is 0.154. The minimum atomic E-state index is -3.00. The number of rotatable bonds is 7. The number of amidine groups is 1. The zero-order valence-electron chi connectivity index (χ0n) is 26.2. The Bertz CT molecular complexity index is 1890. The van der Waals surface area contributed by atoms with E-state index in [0.29, 0.717) is 26.8 Å². The van der Waals surface area contributed by atoms with E-state index in [4.69, 9.17) is 11.5 Å². The minimum absolute atomic E-state index is 0.269. The van der Waals surface area contributed by atoms with Gasteiger partial charge in [-0.2, -0.15) is 17.6 Å². The van der Waals surface area contributed by atoms with Crippen molar-refractivity contribution in [1.29, 1.82) is 0 Å². The smallest absolute Gasteiger partial charge is 0.321 e. The second-order valence-electron chi connectivity index (χ2n) is 11.4. The number of nitrogens with two attached hydrogens (primary N) is 2. The predicted octanol–water partition coefficient (Wildman–Crippen LogP) is 5.51. The lowest BCUT2D eigenvalue weighted by molar-refractivity contribution is 0.0663. The van der Waals surface area contributed by atoms with Gasteiger partial charge in [-0.1, -0.05) is 36.4 Å². The highest BCUT2D eigenvalue weighted by Crippen LogP contribution is 2.38. The van der Waals surface area contributed by atoms with Crippen molar-refractivity contribution in [2.24, 2.45) is 16.5 Å². The Labute approximate surface area is 277 Å². The summed E-state index contributed by atoms with van der Waals surface area (Å²) in [7, 11) is 0. The fourth-order valence-electron chi connectivity index (χ4n) is 5.71. The Balaban J connectivity index is 0.000000212. The van der Waals surface area contributed by atoms with Gasteiger partial charge in [0.1, 0.15) is 23.0 Å². The van der Waals surface area contributed by atoms with Crippen LogP contribution in [-0.2, 0) is 11.1 Å². The molecule has 49 heavy (non-hydrogen) atoms. The standard InChI is InChI=1S/C21H16F4N4O.C14H15F2N3/c1-12-21(14-3-6-16(22)7-4-14,15-5-8-17(23)26-10-15)28-19(27-12)13-2-9-18(30)29(11-13)20(24)25;1-9(17)14(18,10-2-5-12(15)6-3-10)11-4-7-13(16)19-8-11/h2-12,20H,1H3,(H,27,28);2-9H,17-18H2,1H3/t12-,21+;9-,14+/m00/s1. The van der Waals surface area contributed by atoms with Gasteiger partial charge in [0.15, 0.2) is 0 Å². The van der Waals surface area contributed by atoms with Crippen molar-refractivity contribution in [2.75, 3.05) is 0 Å². The molecule has 0 amide bonds. The fourth-order valence-corrected chi connectivity index (χ4v) is 5.71. The maximum absolute atomic E-state index is 13.5. The number of nitrogens with one attached hydrogen (secondary N) is 1. The third-order valence-electron chi connectivity index (χ3n) is 8.41. The van der Waals surface area contributed by atoms with Gasteiger partial charge in [0.05, 0.1) is 11.6 Å². The van der Waals surface area contributed by atoms with Crippen LogP contribution in [0.1, 0.15) is 48.2 Å². The van der Waals surface area contributed by atoms with Crippen LogP contribution in [0.4, 0.5) is 26.3 Å². The molecule has 0 saturated carbocycles. The predicted molar refractivity (Wildman–Crippen MR) is 172 cm³/mol. The molecule has 4 atom stereocenters. The van der Waals surface area contributed by atoms with Crippen LogP contribution in [0.25, 0.3) is 0 Å². The molecule has 0 unspecified atom stereocenters. The summed E-state index contributed by atoms with van der Waals surface area (Å²) in [4.78, 5) is 23.6. The van der Waals surface area contributed by atoms with E-state index < -0.39 is 53.0 Å². The number of nitrogens with zero attached hydrogens (tertiary/aromatic N) is 4. The van der Waals surface area contributed by atoms with Crippen LogP contribution in [0, 0.1) is 23.5 Å². The van der Waals surface area contributed by atoms with Gasteiger partial charge in [-0.15, -0.1) is 0 Å². The highest BCUT2D eigenvalue weighted by Gasteiger charge is 2.45. The number of hydrogen-bond donors (Lipinski definition) is 3. The summed E-state index contributed by atoms with van der Waals surface area (Å²) in [6, 6.07) is 18.5. The average Bonchev–Trinajstić information content (AvgIpc) is 3.43. The largest absolute Gasteiger partial charge is 0.354 e. The topological polar surface area (TPSA) is 124 Å². The van der Waals surface area contributed by atoms with E-state index in [0.717, 1.165) is 12.3 Å². The maximum Gasteiger partial charge on any atom is 0.321 e. The molecule has 5 N–H and O–H groups in total. The summed E-state index contributed by atoms with van der Waals surface area (Å²) in [5.41, 5.74) is 12.1. The molecule has 5 aromatic rings. The summed E-state index contributed by atoms with van der Waals surface area (Å²) in [6.07, 6.45) is 3.72. The summed E-state index contributed by atoms with van der Waals surface area (Å²) in [6.45, 7) is 0.530. The fraction of sp³-hybridized carbons (Fsp3) is 0.200. The number of aromatic nitrogens is 3. The van der Waals surface area contributed by atoms with E-state index in [9.17, 15) is 31.1 Å². The van der Waals surface area contributed by atoms with E-state index in [1.807, 2.05) is 0 Å². The molecule has 8 nitrogen and oxygen atoms in total. The second-order valence-corrected chi connectivity index (χ2v) is 11.4. The highest BCUT2D eigenvalue weighted by molar-refractivity contribution is 6.01. The molecule has 1 aliphatic heterocycles. The van der Waals surface area contributed by atoms with Crippen LogP contribution in [0.2, 0.25) is 0 Å². The van der Waals surface area contributed by atoms with E-state index in [2.05, 4.69) is 20.3 Å². The first-order valence-corrected chi connectivity index (χ1v) is 14.9. The Morgan fingerprint density at radius 2 is 1.35 bits per heavy atom. The van der Waals surface area contributed by atoms with E-state index in [1.54, 1.807) is 38.1 Å². The molecular weight excluding hydrogens is 648 g/mol. The maximum atomic E-state index is 13.5. The first-order valence-electron chi connectivity index (χ1n) is 14.9. The molecule has 0 bridgehead atoms. The van der Waals surface area contributed by atoms with Gasteiger partial charge in [-0.25, -0.2) is 18.7 Å². The Kier molecular flexibility index (Phi) is 10.0. The van der Waals surface area contributed by atoms with Gasteiger partial charge >= 0.3 is 6.55 Å². The van der Waals surface area contributed by atoms with Crippen LogP contribution >= 0.6 is 0 Å². The molecule has 0 saturated heterocycles. The third-order valence-corrected chi connectivity index (χ3v) is 8.41.